The van der Waals surface area contributed by atoms with Crippen molar-refractivity contribution < 1.29 is 34.2 Å². The standard InChI is InChI=1S/C36H31ClN2O7/c1-19-7-5-12-25(31(19)42)30-23-13-14-24-29(34(45)38(32(24)43)16-15-28(40)41)26(23)18-27-33(44)39(22-11-6-10-21(37)17-22)35(46)36(27,30)20-8-3-2-4-9-20/h2-13,17,24,26-27,29-30,42H,14-16,18H2,1H3,(H,40,41). The summed E-state index contributed by atoms with van der Waals surface area (Å²) < 4.78 is 0. The van der Waals surface area contributed by atoms with E-state index in [0.29, 0.717) is 27.4 Å². The highest BCUT2D eigenvalue weighted by Gasteiger charge is 2.70. The van der Waals surface area contributed by atoms with E-state index in [2.05, 4.69) is 0 Å². The van der Waals surface area contributed by atoms with Crippen molar-refractivity contribution in [3.63, 3.8) is 0 Å². The number of halogens is 1. The van der Waals surface area contributed by atoms with Crippen LogP contribution in [0.4, 0.5) is 5.69 Å². The number of hydrogen-bond donors (Lipinski definition) is 2. The lowest BCUT2D eigenvalue weighted by Crippen LogP contribution is -2.53. The SMILES string of the molecule is Cc1cccc(C2C3=CCC4C(=O)N(CCC(=O)O)C(=O)C4C3CC3C(=O)N(c4cccc(Cl)c4)C(=O)C32c2ccccc2)c1O. The van der Waals surface area contributed by atoms with Gasteiger partial charge in [0.25, 0.3) is 0 Å². The second kappa shape index (κ2) is 10.9. The van der Waals surface area contributed by atoms with Crippen molar-refractivity contribution in [3.05, 3.63) is 106 Å². The molecular formula is C36H31ClN2O7. The number of nitrogens with zero attached hydrogens (tertiary/aromatic N) is 2. The van der Waals surface area contributed by atoms with Crippen LogP contribution in [0, 0.1) is 30.6 Å². The van der Waals surface area contributed by atoms with Gasteiger partial charge in [-0.1, -0.05) is 77.8 Å². The number of para-hydroxylation sites is 1. The van der Waals surface area contributed by atoms with E-state index < -0.39 is 64.6 Å². The van der Waals surface area contributed by atoms with E-state index in [1.54, 1.807) is 49.4 Å². The summed E-state index contributed by atoms with van der Waals surface area (Å²) in [5, 5.41) is 21.2. The minimum atomic E-state index is -1.49. The fourth-order valence-electron chi connectivity index (χ4n) is 8.50. The number of carbonyl (C=O) groups is 5. The summed E-state index contributed by atoms with van der Waals surface area (Å²) in [7, 11) is 0. The number of rotatable bonds is 6. The number of benzene rings is 3. The molecule has 2 N–H and O–H groups in total. The number of amides is 4. The normalized spacial score (nSPS) is 28.6. The zero-order valence-corrected chi connectivity index (χ0v) is 25.7. The van der Waals surface area contributed by atoms with Gasteiger partial charge in [-0.2, -0.15) is 0 Å². The molecule has 0 aromatic heterocycles. The van der Waals surface area contributed by atoms with Crippen molar-refractivity contribution >= 4 is 46.9 Å². The third-order valence-electron chi connectivity index (χ3n) is 10.4. The molecule has 4 aliphatic rings. The van der Waals surface area contributed by atoms with Crippen LogP contribution in [0.15, 0.2) is 84.4 Å². The molecule has 1 saturated carbocycles. The summed E-state index contributed by atoms with van der Waals surface area (Å²) in [5.41, 5.74) is 1.20. The van der Waals surface area contributed by atoms with Gasteiger partial charge in [-0.05, 0) is 55.0 Å². The maximum atomic E-state index is 15.2. The first kappa shape index (κ1) is 29.9. The molecule has 4 amide bonds. The number of phenolic OH excluding ortho intramolecular Hbond substituents is 1. The highest BCUT2D eigenvalue weighted by Crippen LogP contribution is 2.65. The molecule has 2 heterocycles. The van der Waals surface area contributed by atoms with Crippen LogP contribution < -0.4 is 4.90 Å². The first-order valence-electron chi connectivity index (χ1n) is 15.3. The molecule has 0 radical (unpaired) electrons. The molecule has 3 aromatic rings. The Morgan fingerprint density at radius 2 is 1.67 bits per heavy atom. The summed E-state index contributed by atoms with van der Waals surface area (Å²) in [4.78, 5) is 70.8. The topological polar surface area (TPSA) is 132 Å². The summed E-state index contributed by atoms with van der Waals surface area (Å²) in [6, 6.07) is 20.9. The Morgan fingerprint density at radius 1 is 0.935 bits per heavy atom. The molecule has 7 rings (SSSR count). The van der Waals surface area contributed by atoms with E-state index in [-0.39, 0.29) is 31.6 Å². The molecule has 46 heavy (non-hydrogen) atoms. The van der Waals surface area contributed by atoms with Gasteiger partial charge in [0.1, 0.15) is 5.75 Å². The van der Waals surface area contributed by atoms with Crippen molar-refractivity contribution in [2.24, 2.45) is 23.7 Å². The van der Waals surface area contributed by atoms with Crippen LogP contribution in [-0.2, 0) is 29.4 Å². The van der Waals surface area contributed by atoms with Crippen LogP contribution >= 0.6 is 11.6 Å². The van der Waals surface area contributed by atoms with Gasteiger partial charge >= 0.3 is 5.97 Å². The predicted octanol–water partition coefficient (Wildman–Crippen LogP) is 4.99. The molecule has 2 aliphatic carbocycles. The van der Waals surface area contributed by atoms with Gasteiger partial charge in [-0.3, -0.25) is 28.9 Å². The van der Waals surface area contributed by atoms with E-state index in [0.717, 1.165) is 10.5 Å². The van der Waals surface area contributed by atoms with Crippen LogP contribution in [-0.4, -0.2) is 51.3 Å². The van der Waals surface area contributed by atoms with E-state index in [1.165, 1.54) is 4.90 Å². The monoisotopic (exact) mass is 638 g/mol. The lowest BCUT2D eigenvalue weighted by Gasteiger charge is -2.50. The maximum absolute atomic E-state index is 15.2. The number of aromatic hydroxyl groups is 1. The van der Waals surface area contributed by atoms with Gasteiger partial charge < -0.3 is 10.2 Å². The highest BCUT2D eigenvalue weighted by atomic mass is 35.5. The Morgan fingerprint density at radius 3 is 2.39 bits per heavy atom. The average Bonchev–Trinajstić information content (AvgIpc) is 3.42. The van der Waals surface area contributed by atoms with Gasteiger partial charge in [0.05, 0.1) is 35.3 Å². The van der Waals surface area contributed by atoms with Gasteiger partial charge in [-0.15, -0.1) is 0 Å². The Labute approximate surface area is 270 Å². The van der Waals surface area contributed by atoms with Gasteiger partial charge in [0.2, 0.25) is 23.6 Å². The predicted molar refractivity (Wildman–Crippen MR) is 168 cm³/mol. The zero-order valence-electron chi connectivity index (χ0n) is 24.9. The highest BCUT2D eigenvalue weighted by molar-refractivity contribution is 6.32. The number of carbonyl (C=O) groups excluding carboxylic acids is 4. The third-order valence-corrected chi connectivity index (χ3v) is 10.6. The molecule has 3 aromatic carbocycles. The number of aliphatic carboxylic acids is 1. The first-order valence-corrected chi connectivity index (χ1v) is 15.7. The van der Waals surface area contributed by atoms with E-state index in [1.807, 2.05) is 36.4 Å². The van der Waals surface area contributed by atoms with E-state index in [4.69, 9.17) is 11.6 Å². The molecule has 6 unspecified atom stereocenters. The maximum Gasteiger partial charge on any atom is 0.305 e. The van der Waals surface area contributed by atoms with Crippen LogP contribution in [0.3, 0.4) is 0 Å². The van der Waals surface area contributed by atoms with Crippen LogP contribution in [0.2, 0.25) is 5.02 Å². The lowest BCUT2D eigenvalue weighted by molar-refractivity contribution is -0.142. The lowest BCUT2D eigenvalue weighted by atomic mass is 9.49. The minimum absolute atomic E-state index is 0.0106. The fraction of sp³-hybridized carbons (Fsp3) is 0.306. The fourth-order valence-corrected chi connectivity index (χ4v) is 8.68. The van der Waals surface area contributed by atoms with E-state index in [9.17, 15) is 29.4 Å². The number of carboxylic acids is 1. The molecule has 0 spiro atoms. The molecule has 0 bridgehead atoms. The molecule has 3 fully saturated rings. The number of aryl methyl sites for hydroxylation is 1. The average molecular weight is 639 g/mol. The molecule has 234 valence electrons. The van der Waals surface area contributed by atoms with Crippen molar-refractivity contribution in [2.75, 3.05) is 11.4 Å². The van der Waals surface area contributed by atoms with Crippen LogP contribution in [0.5, 0.6) is 5.75 Å². The second-order valence-corrected chi connectivity index (χ2v) is 13.0. The quantitative estimate of drug-likeness (QED) is 0.287. The smallest absolute Gasteiger partial charge is 0.305 e. The third kappa shape index (κ3) is 4.17. The number of phenols is 1. The number of hydrogen-bond acceptors (Lipinski definition) is 6. The van der Waals surface area contributed by atoms with Crippen LogP contribution in [0.1, 0.15) is 41.9 Å². The number of carboxylic acid groups (broad SMARTS) is 1. The molecule has 2 saturated heterocycles. The van der Waals surface area contributed by atoms with Crippen molar-refractivity contribution in [2.45, 2.75) is 37.5 Å². The minimum Gasteiger partial charge on any atom is -0.507 e. The number of allylic oxidation sites excluding steroid dienone is 2. The first-order chi connectivity index (χ1) is 22.1. The Hall–Kier alpha value is -4.76. The Bertz CT molecular complexity index is 1860. The van der Waals surface area contributed by atoms with Gasteiger partial charge in [0, 0.05) is 23.0 Å². The van der Waals surface area contributed by atoms with E-state index >= 15 is 4.79 Å². The number of likely N-dealkylation sites (tertiary alicyclic amines) is 1. The summed E-state index contributed by atoms with van der Waals surface area (Å²) in [6.07, 6.45) is 1.86. The Kier molecular flexibility index (Phi) is 7.12. The summed E-state index contributed by atoms with van der Waals surface area (Å²) in [5.74, 6) is -6.86. The molecular weight excluding hydrogens is 608 g/mol. The van der Waals surface area contributed by atoms with Crippen LogP contribution in [0.25, 0.3) is 0 Å². The summed E-state index contributed by atoms with van der Waals surface area (Å²) >= 11 is 6.33. The zero-order chi connectivity index (χ0) is 32.5. The molecule has 9 nitrogen and oxygen atoms in total. The molecule has 10 heteroatoms. The van der Waals surface area contributed by atoms with Crippen molar-refractivity contribution in [1.29, 1.82) is 0 Å². The Balaban J connectivity index is 1.47. The number of fused-ring (bicyclic) bond motifs is 4. The molecule has 6 atom stereocenters. The van der Waals surface area contributed by atoms with Crippen molar-refractivity contribution in [3.8, 4) is 5.75 Å². The largest absolute Gasteiger partial charge is 0.507 e. The number of imide groups is 2. The number of anilines is 1. The molecule has 2 aliphatic heterocycles. The van der Waals surface area contributed by atoms with Gasteiger partial charge in [-0.25, -0.2) is 4.90 Å². The second-order valence-electron chi connectivity index (χ2n) is 12.6. The summed E-state index contributed by atoms with van der Waals surface area (Å²) in [6.45, 7) is 1.53. The van der Waals surface area contributed by atoms with Crippen molar-refractivity contribution in [1.82, 2.24) is 4.90 Å². The van der Waals surface area contributed by atoms with Gasteiger partial charge in [0.15, 0.2) is 0 Å².